The highest BCUT2D eigenvalue weighted by Crippen LogP contribution is 2.45. The molecule has 582 valence electrons. The summed E-state index contributed by atoms with van der Waals surface area (Å²) in [5, 5.41) is 7.05. The molecule has 0 spiro atoms. The number of hydrogen-bond acceptors (Lipinski definition) is 18. The van der Waals surface area contributed by atoms with Gasteiger partial charge in [-0.25, -0.2) is 25.3 Å². The summed E-state index contributed by atoms with van der Waals surface area (Å²) in [5.74, 6) is -0.874. The molecular weight excluding hydrogens is 1720 g/mol. The van der Waals surface area contributed by atoms with Gasteiger partial charge in [0.1, 0.15) is 24.2 Å². The SMILES string of the molecule is COC(C)(C)CCN1C(=O)c2cccc3c(CC(=O)C4CCCCN4S(=O)(=O)c4cccs4)ccc1c23.COCCCN1C(=O)c2cccc3c(CC(=O)C4CCCN(S(=O)(=O)c5cc(Br)c(Br)s5)C4)ccc1c23.COCCCN1C(=O)c2cccc3c(CC(=O)C4CCCN(S(=O)(=O)c5ccc(Br)s5)C4)ccc1c23. The third-order valence-electron chi connectivity index (χ3n) is 21.6. The van der Waals surface area contributed by atoms with Crippen molar-refractivity contribution in [3.8, 4) is 0 Å². The van der Waals surface area contributed by atoms with E-state index in [1.807, 2.05) is 105 Å². The number of piperidine rings is 3. The Balaban J connectivity index is 0.000000145. The number of methoxy groups -OCH3 is 3. The quantitative estimate of drug-likeness (QED) is 0.0434. The van der Waals surface area contributed by atoms with Crippen molar-refractivity contribution in [1.82, 2.24) is 12.9 Å². The Hall–Kier alpha value is -6.33. The maximum absolute atomic E-state index is 13.6. The number of ketones is 3. The smallest absolute Gasteiger partial charge is 0.258 e. The number of ether oxygens (including phenoxy) is 3. The van der Waals surface area contributed by atoms with Crippen molar-refractivity contribution >= 4 is 196 Å². The zero-order valence-corrected chi connectivity index (χ0v) is 71.2. The lowest BCUT2D eigenvalue weighted by Gasteiger charge is -2.33. The van der Waals surface area contributed by atoms with Gasteiger partial charge in [-0.15, -0.1) is 34.0 Å². The second-order valence-electron chi connectivity index (χ2n) is 28.8. The molecule has 6 aliphatic heterocycles. The highest BCUT2D eigenvalue weighted by Gasteiger charge is 2.42. The Bertz CT molecular complexity index is 5400. The van der Waals surface area contributed by atoms with Crippen LogP contribution < -0.4 is 14.7 Å². The number of anilines is 3. The molecule has 0 aliphatic carbocycles. The van der Waals surface area contributed by atoms with Gasteiger partial charge in [-0.3, -0.25) is 28.8 Å². The summed E-state index contributed by atoms with van der Waals surface area (Å²) in [7, 11) is -6.05. The number of rotatable bonds is 27. The fourth-order valence-electron chi connectivity index (χ4n) is 15.7. The van der Waals surface area contributed by atoms with Gasteiger partial charge >= 0.3 is 0 Å². The van der Waals surface area contributed by atoms with Crippen molar-refractivity contribution in [2.75, 3.05) is 102 Å². The fraction of sp³-hybridized carbons (Fsp3) is 0.400. The van der Waals surface area contributed by atoms with E-state index in [9.17, 15) is 54.0 Å². The maximum Gasteiger partial charge on any atom is 0.258 e. The van der Waals surface area contributed by atoms with E-state index in [1.54, 1.807) is 71.7 Å². The van der Waals surface area contributed by atoms with Crippen LogP contribution in [0.3, 0.4) is 0 Å². The second kappa shape index (κ2) is 34.4. The van der Waals surface area contributed by atoms with Crippen LogP contribution in [0, 0.1) is 11.8 Å². The van der Waals surface area contributed by atoms with Gasteiger partial charge in [-0.05, 0) is 218 Å². The standard InChI is InChI=1S/C28H32N2O5S2.C26H26Br2N2O5S2.C26H27BrN2O5S2/c1-28(2,35-3)14-16-29-23-13-12-19(20-8-6-9-21(26(20)23)27(29)32)18-24(31)22-10-4-5-15-30(22)37(33,34)25-11-7-17-36-25;1-35-12-4-11-30-21-9-8-16(18-6-2-7-19(24(18)21)26(30)32)13-22(31)17-5-3-10-29(15-17)37(33,34)23-14-20(27)25(28)36-23;1-34-14-4-13-29-21-9-8-17(19-6-2-7-20(25(19)21)26(29)31)15-22(30)18-5-3-12-28(16-18)36(32,33)24-11-10-23(27)35-24/h6-9,11-13,17,22H,4-5,10,14-16,18H2,1-3H3;2,6-9,14,17H,3-5,10-13,15H2,1H3;2,6-11,18H,3-5,12-16H2,1H3. The molecule has 6 aliphatic rings. The molecule has 0 saturated carbocycles. The molecule has 3 aromatic heterocycles. The molecular formula is C80H85Br3N6O15S6. The number of Topliss-reactive ketones (excluding diaryl/α,β-unsaturated/α-hetero) is 3. The molecule has 0 N–H and O–H groups in total. The molecule has 0 bridgehead atoms. The average Bonchev–Trinajstić information content (AvgIpc) is 1.60. The number of hydrogen-bond donors (Lipinski definition) is 0. The minimum atomic E-state index is -3.72. The average molecular weight is 1800 g/mol. The number of carbonyl (C=O) groups is 6. The molecule has 3 unspecified atom stereocenters. The van der Waals surface area contributed by atoms with Gasteiger partial charge in [0, 0.05) is 155 Å². The van der Waals surface area contributed by atoms with Gasteiger partial charge in [0.25, 0.3) is 47.8 Å². The van der Waals surface area contributed by atoms with Gasteiger partial charge in [0.2, 0.25) is 0 Å². The van der Waals surface area contributed by atoms with E-state index in [0.717, 1.165) is 111 Å². The van der Waals surface area contributed by atoms with Gasteiger partial charge in [-0.2, -0.15) is 12.9 Å². The summed E-state index contributed by atoms with van der Waals surface area (Å²) in [6.07, 6.45) is 7.38. The van der Waals surface area contributed by atoms with E-state index < -0.39 is 36.1 Å². The molecule has 3 fully saturated rings. The van der Waals surface area contributed by atoms with Crippen LogP contribution in [0.1, 0.15) is 126 Å². The lowest BCUT2D eigenvalue weighted by Crippen LogP contribution is -2.48. The van der Waals surface area contributed by atoms with Crippen LogP contribution in [0.2, 0.25) is 0 Å². The molecule has 3 atom stereocenters. The summed E-state index contributed by atoms with van der Waals surface area (Å²) < 4.78 is 102. The van der Waals surface area contributed by atoms with Crippen LogP contribution in [0.5, 0.6) is 0 Å². The second-order valence-corrected chi connectivity index (χ2v) is 41.9. The predicted molar refractivity (Wildman–Crippen MR) is 442 cm³/mol. The summed E-state index contributed by atoms with van der Waals surface area (Å²) in [5.41, 5.74) is 6.73. The molecule has 6 aromatic carbocycles. The number of nitrogens with zero attached hydrogens (tertiary/aromatic N) is 6. The largest absolute Gasteiger partial charge is 0.385 e. The monoisotopic (exact) mass is 1800 g/mol. The van der Waals surface area contributed by atoms with Crippen molar-refractivity contribution in [3.63, 3.8) is 0 Å². The molecule has 9 heterocycles. The Morgan fingerprint density at radius 1 is 0.500 bits per heavy atom. The third kappa shape index (κ3) is 16.7. The van der Waals surface area contributed by atoms with E-state index in [1.165, 1.54) is 35.6 Å². The topological polar surface area (TPSA) is 252 Å². The van der Waals surface area contributed by atoms with Crippen molar-refractivity contribution in [2.24, 2.45) is 11.8 Å². The van der Waals surface area contributed by atoms with Crippen molar-refractivity contribution < 1.29 is 68.2 Å². The first-order chi connectivity index (χ1) is 52.7. The minimum absolute atomic E-state index is 0.0235. The molecule has 3 amide bonds. The first-order valence-corrected chi connectivity index (χ1v) is 45.8. The van der Waals surface area contributed by atoms with Crippen LogP contribution in [-0.4, -0.2) is 172 Å². The van der Waals surface area contributed by atoms with Gasteiger partial charge in [0.15, 0.2) is 5.78 Å². The summed E-state index contributed by atoms with van der Waals surface area (Å²) >= 11 is 13.6. The van der Waals surface area contributed by atoms with Gasteiger partial charge in [0.05, 0.1) is 36.3 Å². The highest BCUT2D eigenvalue weighted by molar-refractivity contribution is 9.13. The maximum atomic E-state index is 13.6. The van der Waals surface area contributed by atoms with E-state index in [0.29, 0.717) is 112 Å². The number of amides is 3. The first-order valence-electron chi connectivity index (χ1n) is 36.6. The highest BCUT2D eigenvalue weighted by atomic mass is 79.9. The first kappa shape index (κ1) is 81.7. The van der Waals surface area contributed by atoms with Crippen molar-refractivity contribution in [2.45, 2.75) is 122 Å². The molecule has 0 radical (unpaired) electrons. The van der Waals surface area contributed by atoms with Crippen molar-refractivity contribution in [1.29, 1.82) is 0 Å². The molecule has 21 nitrogen and oxygen atoms in total. The molecule has 110 heavy (non-hydrogen) atoms. The van der Waals surface area contributed by atoms with Crippen LogP contribution in [-0.2, 0) is 77.9 Å². The van der Waals surface area contributed by atoms with Crippen molar-refractivity contribution in [3.05, 3.63) is 172 Å². The Morgan fingerprint density at radius 2 is 0.973 bits per heavy atom. The molecule has 9 aromatic rings. The summed E-state index contributed by atoms with van der Waals surface area (Å²) in [6, 6.07) is 36.0. The van der Waals surface area contributed by atoms with Crippen LogP contribution in [0.4, 0.5) is 17.1 Å². The van der Waals surface area contributed by atoms with Crippen LogP contribution >= 0.6 is 81.8 Å². The molecule has 3 saturated heterocycles. The normalized spacial score (nSPS) is 18.4. The Labute approximate surface area is 678 Å². The van der Waals surface area contributed by atoms with E-state index in [2.05, 4.69) is 47.8 Å². The van der Waals surface area contributed by atoms with E-state index >= 15 is 0 Å². The molecule has 30 heteroatoms. The zero-order valence-electron chi connectivity index (χ0n) is 61.5. The van der Waals surface area contributed by atoms with Crippen LogP contribution in [0.25, 0.3) is 32.3 Å². The zero-order chi connectivity index (χ0) is 78.1. The molecule has 15 rings (SSSR count). The Kier molecular flexibility index (Phi) is 25.5. The van der Waals surface area contributed by atoms with E-state index in [4.69, 9.17) is 14.2 Å². The predicted octanol–water partition coefficient (Wildman–Crippen LogP) is 15.5. The Morgan fingerprint density at radius 3 is 1.40 bits per heavy atom. The van der Waals surface area contributed by atoms with E-state index in [-0.39, 0.29) is 97.5 Å². The minimum Gasteiger partial charge on any atom is -0.385 e. The van der Waals surface area contributed by atoms with Gasteiger partial charge < -0.3 is 28.9 Å². The summed E-state index contributed by atoms with van der Waals surface area (Å²) in [4.78, 5) is 85.2. The lowest BCUT2D eigenvalue weighted by molar-refractivity contribution is -0.124. The van der Waals surface area contributed by atoms with Gasteiger partial charge in [-0.1, -0.05) is 67.1 Å². The number of sulfonamides is 3. The number of carbonyl (C=O) groups excluding carboxylic acids is 6. The number of thiophene rings is 3. The third-order valence-corrected chi connectivity index (χ3v) is 34.4. The number of halogens is 3. The van der Waals surface area contributed by atoms with Crippen LogP contribution in [0.15, 0.2) is 151 Å². The summed E-state index contributed by atoms with van der Waals surface area (Å²) in [6.45, 7) is 8.37. The fourth-order valence-corrected chi connectivity index (χ4v) is 26.7. The number of benzene rings is 6. The lowest BCUT2D eigenvalue weighted by atomic mass is 9.89.